The van der Waals surface area contributed by atoms with E-state index in [-0.39, 0.29) is 22.7 Å². The fourth-order valence-electron chi connectivity index (χ4n) is 2.83. The predicted molar refractivity (Wildman–Crippen MR) is 109 cm³/mol. The van der Waals surface area contributed by atoms with Gasteiger partial charge in [-0.25, -0.2) is 17.2 Å². The van der Waals surface area contributed by atoms with Gasteiger partial charge >= 0.3 is 0 Å². The molecule has 0 aliphatic carbocycles. The fraction of sp³-hybridized carbons (Fsp3) is 0.143. The summed E-state index contributed by atoms with van der Waals surface area (Å²) in [6, 6.07) is 5.85. The monoisotopic (exact) mass is 430 g/mol. The van der Waals surface area contributed by atoms with Crippen LogP contribution in [0.25, 0.3) is 0 Å². The molecular weight excluding hydrogens is 414 g/mol. The minimum absolute atomic E-state index is 0.0990. The molecule has 2 aromatic rings. The van der Waals surface area contributed by atoms with Crippen LogP contribution in [0.15, 0.2) is 52.5 Å². The molecule has 1 heterocycles. The van der Waals surface area contributed by atoms with Gasteiger partial charge in [0.25, 0.3) is 0 Å². The first-order valence-electron chi connectivity index (χ1n) is 8.58. The predicted octanol–water partition coefficient (Wildman–Crippen LogP) is 3.77. The number of carbonyl (C=O) groups excluding carboxylic acids is 1. The van der Waals surface area contributed by atoms with Gasteiger partial charge in [0.05, 0.1) is 11.9 Å². The average molecular weight is 430 g/mol. The number of rotatable bonds is 5. The number of allylic oxidation sites excluding steroid dienone is 1. The molecule has 1 N–H and O–H groups in total. The standard InChI is InChI=1S/C21H16F2N2O4S/c1-4-13-11-24-20(21(26)12(13)2)16-10-15(6-7-18(16)25-30(3,27)28)29-19-8-5-14(22)9-17(19)23/h1,5-11,20,25H,2-3H3. The zero-order valence-corrected chi connectivity index (χ0v) is 16.8. The van der Waals surface area contributed by atoms with Gasteiger partial charge in [0.2, 0.25) is 10.0 Å². The van der Waals surface area contributed by atoms with Crippen molar-refractivity contribution in [2.24, 2.45) is 4.99 Å². The van der Waals surface area contributed by atoms with E-state index in [9.17, 15) is 22.0 Å². The van der Waals surface area contributed by atoms with Crippen LogP contribution in [0.3, 0.4) is 0 Å². The summed E-state index contributed by atoms with van der Waals surface area (Å²) in [5, 5.41) is 0. The maximum absolute atomic E-state index is 13.9. The second-order valence-electron chi connectivity index (χ2n) is 6.53. The Hall–Kier alpha value is -3.51. The van der Waals surface area contributed by atoms with Gasteiger partial charge in [-0.3, -0.25) is 14.5 Å². The van der Waals surface area contributed by atoms with E-state index in [1.54, 1.807) is 6.92 Å². The van der Waals surface area contributed by atoms with E-state index < -0.39 is 33.5 Å². The van der Waals surface area contributed by atoms with Gasteiger partial charge in [-0.1, -0.05) is 5.92 Å². The van der Waals surface area contributed by atoms with E-state index in [1.807, 2.05) is 0 Å². The summed E-state index contributed by atoms with van der Waals surface area (Å²) in [6.07, 6.45) is 7.68. The third-order valence-corrected chi connectivity index (χ3v) is 4.86. The molecule has 1 atom stereocenters. The van der Waals surface area contributed by atoms with Gasteiger partial charge in [-0.05, 0) is 37.3 Å². The largest absolute Gasteiger partial charge is 0.454 e. The number of sulfonamides is 1. The number of halogens is 2. The lowest BCUT2D eigenvalue weighted by Gasteiger charge is -2.21. The van der Waals surface area contributed by atoms with Crippen LogP contribution in [-0.4, -0.2) is 26.7 Å². The lowest BCUT2D eigenvalue weighted by atomic mass is 9.92. The number of nitrogens with zero attached hydrogens (tertiary/aromatic N) is 1. The van der Waals surface area contributed by atoms with E-state index >= 15 is 0 Å². The van der Waals surface area contributed by atoms with E-state index in [0.717, 1.165) is 18.4 Å². The summed E-state index contributed by atoms with van der Waals surface area (Å²) < 4.78 is 58.3. The number of carbonyl (C=O) groups is 1. The third-order valence-electron chi connectivity index (χ3n) is 4.26. The first-order valence-corrected chi connectivity index (χ1v) is 10.5. The molecule has 2 aromatic carbocycles. The number of terminal acetylenes is 1. The highest BCUT2D eigenvalue weighted by Gasteiger charge is 2.29. The van der Waals surface area contributed by atoms with Gasteiger partial charge in [0.15, 0.2) is 17.3 Å². The van der Waals surface area contributed by atoms with Crippen molar-refractivity contribution in [1.82, 2.24) is 0 Å². The zero-order valence-electron chi connectivity index (χ0n) is 15.9. The highest BCUT2D eigenvalue weighted by molar-refractivity contribution is 7.92. The van der Waals surface area contributed by atoms with Crippen LogP contribution in [0.5, 0.6) is 11.5 Å². The highest BCUT2D eigenvalue weighted by atomic mass is 32.2. The number of nitrogens with one attached hydrogen (secondary N) is 1. The van der Waals surface area contributed by atoms with Crippen molar-refractivity contribution in [3.05, 3.63) is 64.7 Å². The van der Waals surface area contributed by atoms with E-state index in [0.29, 0.717) is 17.2 Å². The van der Waals surface area contributed by atoms with Crippen molar-refractivity contribution in [3.8, 4) is 23.8 Å². The summed E-state index contributed by atoms with van der Waals surface area (Å²) in [5.41, 5.74) is 0.933. The molecule has 0 saturated carbocycles. The van der Waals surface area contributed by atoms with Gasteiger partial charge in [0.1, 0.15) is 17.6 Å². The molecule has 3 rings (SSSR count). The zero-order chi connectivity index (χ0) is 22.1. The molecule has 30 heavy (non-hydrogen) atoms. The number of Topliss-reactive ketones (excluding diaryl/α,β-unsaturated/α-hetero) is 1. The van der Waals surface area contributed by atoms with Gasteiger partial charge in [-0.15, -0.1) is 6.42 Å². The number of ether oxygens (including phenoxy) is 1. The molecule has 1 unspecified atom stereocenters. The first-order chi connectivity index (χ1) is 14.1. The number of benzene rings is 2. The van der Waals surface area contributed by atoms with Crippen LogP contribution in [0, 0.1) is 24.0 Å². The second kappa shape index (κ2) is 8.08. The van der Waals surface area contributed by atoms with E-state index in [1.165, 1.54) is 24.4 Å². The Labute approximate surface area is 172 Å². The summed E-state index contributed by atoms with van der Waals surface area (Å²) in [4.78, 5) is 16.9. The molecule has 0 amide bonds. The van der Waals surface area contributed by atoms with E-state index in [2.05, 4.69) is 15.6 Å². The molecular formula is C21H16F2N2O4S. The quantitative estimate of drug-likeness (QED) is 0.732. The van der Waals surface area contributed by atoms with E-state index in [4.69, 9.17) is 11.2 Å². The van der Waals surface area contributed by atoms with Crippen LogP contribution in [-0.2, 0) is 14.8 Å². The number of hydrogen-bond donors (Lipinski definition) is 1. The number of anilines is 1. The van der Waals surface area contributed by atoms with Crippen LogP contribution < -0.4 is 9.46 Å². The lowest BCUT2D eigenvalue weighted by Crippen LogP contribution is -2.20. The molecule has 9 heteroatoms. The molecule has 0 fully saturated rings. The minimum Gasteiger partial charge on any atom is -0.454 e. The highest BCUT2D eigenvalue weighted by Crippen LogP contribution is 2.36. The van der Waals surface area contributed by atoms with Crippen molar-refractivity contribution in [1.29, 1.82) is 0 Å². The normalized spacial score (nSPS) is 16.4. The number of hydrogen-bond acceptors (Lipinski definition) is 5. The molecule has 154 valence electrons. The Morgan fingerprint density at radius 1 is 1.20 bits per heavy atom. The van der Waals surface area contributed by atoms with Crippen LogP contribution in [0.2, 0.25) is 0 Å². The van der Waals surface area contributed by atoms with Crippen molar-refractivity contribution < 1.29 is 26.7 Å². The van der Waals surface area contributed by atoms with Gasteiger partial charge in [0, 0.05) is 29.0 Å². The Balaban J connectivity index is 2.06. The van der Waals surface area contributed by atoms with Crippen LogP contribution in [0.1, 0.15) is 18.5 Å². The molecule has 1 aliphatic rings. The summed E-state index contributed by atoms with van der Waals surface area (Å²) in [6.45, 7) is 1.55. The molecule has 0 aromatic heterocycles. The topological polar surface area (TPSA) is 84.8 Å². The first kappa shape index (κ1) is 21.2. The number of ketones is 1. The Kier molecular flexibility index (Phi) is 5.71. The summed E-state index contributed by atoms with van der Waals surface area (Å²) >= 11 is 0. The third kappa shape index (κ3) is 4.55. The molecule has 1 aliphatic heterocycles. The number of aliphatic imine (C=N–C) groups is 1. The van der Waals surface area contributed by atoms with Gasteiger partial charge < -0.3 is 4.74 Å². The Morgan fingerprint density at radius 3 is 2.57 bits per heavy atom. The maximum Gasteiger partial charge on any atom is 0.229 e. The summed E-state index contributed by atoms with van der Waals surface area (Å²) in [7, 11) is -3.67. The number of dihydropyridines is 1. The van der Waals surface area contributed by atoms with Crippen molar-refractivity contribution >= 4 is 27.7 Å². The average Bonchev–Trinajstić information content (AvgIpc) is 2.66. The second-order valence-corrected chi connectivity index (χ2v) is 8.28. The van der Waals surface area contributed by atoms with Crippen LogP contribution in [0.4, 0.5) is 14.5 Å². The van der Waals surface area contributed by atoms with Crippen molar-refractivity contribution in [2.75, 3.05) is 11.0 Å². The lowest BCUT2D eigenvalue weighted by molar-refractivity contribution is -0.116. The SMILES string of the molecule is C#CC1=C(C)C(=O)C(c2cc(Oc3ccc(F)cc3F)ccc2NS(C)(=O)=O)N=C1. The van der Waals surface area contributed by atoms with Crippen LogP contribution >= 0.6 is 0 Å². The maximum atomic E-state index is 13.9. The molecule has 6 nitrogen and oxygen atoms in total. The molecule has 0 spiro atoms. The smallest absolute Gasteiger partial charge is 0.229 e. The molecule has 0 saturated heterocycles. The molecule has 0 radical (unpaired) electrons. The van der Waals surface area contributed by atoms with Crippen molar-refractivity contribution in [2.45, 2.75) is 13.0 Å². The Morgan fingerprint density at radius 2 is 1.93 bits per heavy atom. The molecule has 0 bridgehead atoms. The Bertz CT molecular complexity index is 1240. The van der Waals surface area contributed by atoms with Crippen molar-refractivity contribution in [3.63, 3.8) is 0 Å². The minimum atomic E-state index is -3.67. The van der Waals surface area contributed by atoms with Gasteiger partial charge in [-0.2, -0.15) is 0 Å². The summed E-state index contributed by atoms with van der Waals surface area (Å²) in [5.74, 6) is 0.134. The fourth-order valence-corrected chi connectivity index (χ4v) is 3.41.